The van der Waals surface area contributed by atoms with Gasteiger partial charge in [-0.15, -0.1) is 0 Å². The third-order valence-electron chi connectivity index (χ3n) is 3.83. The van der Waals surface area contributed by atoms with E-state index in [1.807, 2.05) is 72.4 Å². The van der Waals surface area contributed by atoms with Crippen LogP contribution >= 0.6 is 15.9 Å². The highest BCUT2D eigenvalue weighted by Gasteiger charge is 2.20. The van der Waals surface area contributed by atoms with Gasteiger partial charge >= 0.3 is 5.95 Å². The Hall–Kier alpha value is -2.40. The van der Waals surface area contributed by atoms with Crippen LogP contribution < -0.4 is 10.3 Å². The lowest BCUT2D eigenvalue weighted by molar-refractivity contribution is -0.667. The van der Waals surface area contributed by atoms with Crippen molar-refractivity contribution in [1.29, 1.82) is 0 Å². The molecule has 4 nitrogen and oxygen atoms in total. The fourth-order valence-corrected chi connectivity index (χ4v) is 2.77. The molecule has 0 radical (unpaired) electrons. The number of hydrogen-bond donors (Lipinski definition) is 1. The van der Waals surface area contributed by atoms with Crippen LogP contribution in [0.2, 0.25) is 0 Å². The molecule has 1 aromatic heterocycles. The predicted molar refractivity (Wildman–Crippen MR) is 93.9 cm³/mol. The molecule has 0 unspecified atom stereocenters. The van der Waals surface area contributed by atoms with Gasteiger partial charge in [0.05, 0.1) is 7.05 Å². The number of imidazole rings is 1. The predicted octanol–water partition coefficient (Wildman–Crippen LogP) is 3.21. The molecule has 23 heavy (non-hydrogen) atoms. The zero-order valence-electron chi connectivity index (χ0n) is 12.7. The minimum Gasteiger partial charge on any atom is -0.291 e. The van der Waals surface area contributed by atoms with E-state index in [0.29, 0.717) is 11.5 Å². The molecule has 2 aromatic carbocycles. The molecule has 0 saturated carbocycles. The average molecular weight is 371 g/mol. The summed E-state index contributed by atoms with van der Waals surface area (Å²) in [4.78, 5) is 12.4. The quantitative estimate of drug-likeness (QED) is 0.566. The number of benzene rings is 2. The van der Waals surface area contributed by atoms with Gasteiger partial charge in [0.2, 0.25) is 0 Å². The van der Waals surface area contributed by atoms with Crippen molar-refractivity contribution < 1.29 is 9.36 Å². The van der Waals surface area contributed by atoms with Gasteiger partial charge in [-0.05, 0) is 12.1 Å². The minimum absolute atomic E-state index is 0.0373. The molecule has 3 rings (SSSR count). The third kappa shape index (κ3) is 3.19. The first-order chi connectivity index (χ1) is 11.1. The molecule has 5 heteroatoms. The largest absolute Gasteiger partial charge is 0.355 e. The van der Waals surface area contributed by atoms with Gasteiger partial charge < -0.3 is 0 Å². The summed E-state index contributed by atoms with van der Waals surface area (Å²) in [6.45, 7) is 0.222. The van der Waals surface area contributed by atoms with Crippen molar-refractivity contribution in [2.75, 3.05) is 5.73 Å². The molecule has 116 valence electrons. The zero-order valence-corrected chi connectivity index (χ0v) is 14.3. The van der Waals surface area contributed by atoms with E-state index in [1.54, 1.807) is 4.57 Å². The van der Waals surface area contributed by atoms with Crippen LogP contribution in [0.15, 0.2) is 65.3 Å². The summed E-state index contributed by atoms with van der Waals surface area (Å²) in [6.07, 6.45) is 1.92. The van der Waals surface area contributed by atoms with E-state index in [0.717, 1.165) is 15.7 Å². The fourth-order valence-electron chi connectivity index (χ4n) is 2.50. The third-order valence-corrected chi connectivity index (χ3v) is 4.36. The Balaban J connectivity index is 1.91. The molecule has 0 aliphatic heterocycles. The van der Waals surface area contributed by atoms with Crippen LogP contribution in [0.25, 0.3) is 11.3 Å². The second kappa shape index (κ2) is 6.38. The van der Waals surface area contributed by atoms with Crippen molar-refractivity contribution >= 4 is 27.7 Å². The van der Waals surface area contributed by atoms with Gasteiger partial charge in [0.25, 0.3) is 0 Å². The number of anilines is 1. The van der Waals surface area contributed by atoms with Crippen LogP contribution in [0.3, 0.4) is 0 Å². The smallest absolute Gasteiger partial charge is 0.291 e. The molecule has 1 heterocycles. The zero-order chi connectivity index (χ0) is 16.4. The first kappa shape index (κ1) is 15.5. The molecule has 0 bridgehead atoms. The number of carbonyl (C=O) groups excluding carboxylic acids is 1. The molecule has 0 aliphatic carbocycles. The number of aromatic nitrogens is 2. The Morgan fingerprint density at radius 3 is 2.43 bits per heavy atom. The summed E-state index contributed by atoms with van der Waals surface area (Å²) < 4.78 is 4.70. The van der Waals surface area contributed by atoms with E-state index in [4.69, 9.17) is 5.73 Å². The van der Waals surface area contributed by atoms with Crippen molar-refractivity contribution in [2.24, 2.45) is 7.05 Å². The molecule has 3 aromatic rings. The highest BCUT2D eigenvalue weighted by Crippen LogP contribution is 2.22. The molecule has 0 amide bonds. The molecule has 0 saturated heterocycles. The van der Waals surface area contributed by atoms with Crippen molar-refractivity contribution in [3.8, 4) is 11.3 Å². The fraction of sp³-hybridized carbons (Fsp3) is 0.111. The number of hydrogen-bond acceptors (Lipinski definition) is 2. The standard InChI is InChI=1S/C18H16BrN3O/c1-21-16(13-7-9-15(19)10-8-13)11-22(18(21)20)12-17(23)14-5-3-2-4-6-14/h2-11,20H,12H2,1H3/p+1. The van der Waals surface area contributed by atoms with Crippen LogP contribution in [0.5, 0.6) is 0 Å². The summed E-state index contributed by atoms with van der Waals surface area (Å²) in [6, 6.07) is 17.3. The van der Waals surface area contributed by atoms with Gasteiger partial charge in [-0.2, -0.15) is 0 Å². The van der Waals surface area contributed by atoms with Gasteiger partial charge in [0.1, 0.15) is 18.4 Å². The molecular formula is C18H17BrN3O+. The summed E-state index contributed by atoms with van der Waals surface area (Å²) in [5, 5.41) is 0. The number of ketones is 1. The molecular weight excluding hydrogens is 354 g/mol. The topological polar surface area (TPSA) is 51.9 Å². The Morgan fingerprint density at radius 2 is 1.78 bits per heavy atom. The lowest BCUT2D eigenvalue weighted by Gasteiger charge is -2.00. The molecule has 0 fully saturated rings. The number of nitrogens with two attached hydrogens (primary N) is 1. The summed E-state index contributed by atoms with van der Waals surface area (Å²) in [5.41, 5.74) is 8.87. The van der Waals surface area contributed by atoms with E-state index in [9.17, 15) is 4.79 Å². The Bertz CT molecular complexity index is 839. The SMILES string of the molecule is Cn1c(-c2ccc(Br)cc2)c[n+](CC(=O)c2ccccc2)c1N. The minimum atomic E-state index is 0.0373. The number of carbonyl (C=O) groups is 1. The van der Waals surface area contributed by atoms with E-state index < -0.39 is 0 Å². The lowest BCUT2D eigenvalue weighted by Crippen LogP contribution is -2.39. The number of Topliss-reactive ketones (excluding diaryl/α,β-unsaturated/α-hetero) is 1. The van der Waals surface area contributed by atoms with E-state index >= 15 is 0 Å². The molecule has 0 atom stereocenters. The van der Waals surface area contributed by atoms with Crippen LogP contribution in [-0.2, 0) is 13.6 Å². The Kier molecular flexibility index (Phi) is 4.30. The first-order valence-electron chi connectivity index (χ1n) is 7.25. The van der Waals surface area contributed by atoms with Crippen molar-refractivity contribution in [2.45, 2.75) is 6.54 Å². The van der Waals surface area contributed by atoms with Gasteiger partial charge in [-0.25, -0.2) is 9.13 Å². The number of nitrogens with zero attached hydrogens (tertiary/aromatic N) is 2. The number of nitrogen functional groups attached to an aromatic ring is 1. The van der Waals surface area contributed by atoms with Crippen LogP contribution in [0.4, 0.5) is 5.95 Å². The van der Waals surface area contributed by atoms with Gasteiger partial charge in [-0.1, -0.05) is 58.4 Å². The Labute approximate surface area is 143 Å². The summed E-state index contributed by atoms with van der Waals surface area (Å²) in [7, 11) is 1.90. The summed E-state index contributed by atoms with van der Waals surface area (Å²) >= 11 is 3.43. The second-order valence-corrected chi connectivity index (χ2v) is 6.27. The van der Waals surface area contributed by atoms with Crippen LogP contribution in [0, 0.1) is 0 Å². The second-order valence-electron chi connectivity index (χ2n) is 5.36. The Morgan fingerprint density at radius 1 is 1.13 bits per heavy atom. The van der Waals surface area contributed by atoms with Crippen molar-refractivity contribution in [1.82, 2.24) is 4.57 Å². The average Bonchev–Trinajstić information content (AvgIpc) is 2.85. The maximum absolute atomic E-state index is 12.4. The lowest BCUT2D eigenvalue weighted by atomic mass is 10.1. The van der Waals surface area contributed by atoms with Crippen LogP contribution in [0.1, 0.15) is 10.4 Å². The number of halogens is 1. The summed E-state index contributed by atoms with van der Waals surface area (Å²) in [5.74, 6) is 0.586. The maximum atomic E-state index is 12.4. The highest BCUT2D eigenvalue weighted by atomic mass is 79.9. The van der Waals surface area contributed by atoms with Crippen LogP contribution in [-0.4, -0.2) is 10.4 Å². The highest BCUT2D eigenvalue weighted by molar-refractivity contribution is 9.10. The molecule has 2 N–H and O–H groups in total. The van der Waals surface area contributed by atoms with E-state index in [1.165, 1.54) is 0 Å². The normalized spacial score (nSPS) is 10.7. The van der Waals surface area contributed by atoms with E-state index in [2.05, 4.69) is 15.9 Å². The monoisotopic (exact) mass is 370 g/mol. The van der Waals surface area contributed by atoms with E-state index in [-0.39, 0.29) is 12.3 Å². The van der Waals surface area contributed by atoms with Crippen molar-refractivity contribution in [3.05, 3.63) is 70.8 Å². The van der Waals surface area contributed by atoms with Gasteiger partial charge in [0, 0.05) is 15.6 Å². The van der Waals surface area contributed by atoms with Crippen molar-refractivity contribution in [3.63, 3.8) is 0 Å². The molecule has 0 spiro atoms. The maximum Gasteiger partial charge on any atom is 0.355 e. The van der Waals surface area contributed by atoms with Gasteiger partial charge in [0.15, 0.2) is 5.78 Å². The molecule has 0 aliphatic rings. The van der Waals surface area contributed by atoms with Gasteiger partial charge in [-0.3, -0.25) is 10.5 Å². The number of rotatable bonds is 4. The first-order valence-corrected chi connectivity index (χ1v) is 8.04.